The van der Waals surface area contributed by atoms with Crippen LogP contribution in [0.15, 0.2) is 23.8 Å². The largest absolute Gasteiger partial charge is 0.480 e. The lowest BCUT2D eigenvalue weighted by molar-refractivity contribution is -0.138. The highest BCUT2D eigenvalue weighted by Gasteiger charge is 2.35. The van der Waals surface area contributed by atoms with E-state index in [9.17, 15) is 14.7 Å². The van der Waals surface area contributed by atoms with Gasteiger partial charge in [0.2, 0.25) is 0 Å². The maximum Gasteiger partial charge on any atom is 0.320 e. The highest BCUT2D eigenvalue weighted by Crippen LogP contribution is 2.24. The van der Waals surface area contributed by atoms with E-state index < -0.39 is 29.4 Å². The first-order valence-electron chi connectivity index (χ1n) is 5.65. The Bertz CT molecular complexity index is 414. The van der Waals surface area contributed by atoms with Crippen molar-refractivity contribution in [1.29, 1.82) is 0 Å². The van der Waals surface area contributed by atoms with E-state index in [4.69, 9.17) is 16.6 Å². The van der Waals surface area contributed by atoms with E-state index in [1.54, 1.807) is 6.08 Å². The second-order valence-corrected chi connectivity index (χ2v) is 4.54. The zero-order valence-electron chi connectivity index (χ0n) is 10.2. The molecular formula is C12H18N2O4. The number of Topliss-reactive ketones (excluding diaryl/α,β-unsaturated/α-hetero) is 1. The zero-order chi connectivity index (χ0) is 13.9. The number of nitrogens with two attached hydrogens (primary N) is 2. The van der Waals surface area contributed by atoms with E-state index in [0.29, 0.717) is 5.57 Å². The SMILES string of the molecule is C[C@H](N)C(=O)C1(O)C=CC(C[C@H](N)C(=O)O)=CC1. The van der Waals surface area contributed by atoms with Crippen LogP contribution >= 0.6 is 0 Å². The number of hydrogen-bond acceptors (Lipinski definition) is 5. The number of aliphatic hydroxyl groups is 1. The minimum atomic E-state index is -1.59. The molecule has 18 heavy (non-hydrogen) atoms. The zero-order valence-corrected chi connectivity index (χ0v) is 10.2. The third-order valence-electron chi connectivity index (χ3n) is 2.86. The van der Waals surface area contributed by atoms with E-state index in [-0.39, 0.29) is 12.8 Å². The summed E-state index contributed by atoms with van der Waals surface area (Å²) in [6.45, 7) is 1.51. The predicted octanol–water partition coefficient (Wildman–Crippen LogP) is -0.678. The monoisotopic (exact) mass is 254 g/mol. The van der Waals surface area contributed by atoms with Gasteiger partial charge < -0.3 is 21.7 Å². The number of allylic oxidation sites excluding steroid dienone is 1. The molecule has 0 spiro atoms. The van der Waals surface area contributed by atoms with Crippen LogP contribution < -0.4 is 11.5 Å². The summed E-state index contributed by atoms with van der Waals surface area (Å²) in [5.74, 6) is -1.55. The summed E-state index contributed by atoms with van der Waals surface area (Å²) < 4.78 is 0. The molecule has 6 nitrogen and oxygen atoms in total. The van der Waals surface area contributed by atoms with Crippen molar-refractivity contribution >= 4 is 11.8 Å². The maximum absolute atomic E-state index is 11.7. The molecule has 100 valence electrons. The van der Waals surface area contributed by atoms with Crippen LogP contribution in [-0.4, -0.2) is 39.7 Å². The first-order valence-corrected chi connectivity index (χ1v) is 5.65. The van der Waals surface area contributed by atoms with Gasteiger partial charge >= 0.3 is 5.97 Å². The van der Waals surface area contributed by atoms with Gasteiger partial charge in [-0.1, -0.05) is 12.2 Å². The molecule has 0 radical (unpaired) electrons. The van der Waals surface area contributed by atoms with Crippen molar-refractivity contribution in [1.82, 2.24) is 0 Å². The average Bonchev–Trinajstić information content (AvgIpc) is 2.31. The van der Waals surface area contributed by atoms with Gasteiger partial charge in [0.15, 0.2) is 5.78 Å². The minimum Gasteiger partial charge on any atom is -0.480 e. The van der Waals surface area contributed by atoms with Crippen molar-refractivity contribution < 1.29 is 19.8 Å². The standard InChI is InChI=1S/C12H18N2O4/c1-7(13)10(15)12(18)4-2-8(3-5-12)6-9(14)11(16)17/h2-4,7,9,18H,5-6,13-14H2,1H3,(H,16,17)/t7-,9-,12?/m0/s1. The number of hydrogen-bond donors (Lipinski definition) is 4. The Morgan fingerprint density at radius 1 is 1.50 bits per heavy atom. The molecule has 0 bridgehead atoms. The summed E-state index contributed by atoms with van der Waals surface area (Å²) in [5, 5.41) is 18.7. The number of carboxylic acid groups (broad SMARTS) is 1. The van der Waals surface area contributed by atoms with Crippen LogP contribution in [0.1, 0.15) is 19.8 Å². The van der Waals surface area contributed by atoms with Crippen LogP contribution in [0.3, 0.4) is 0 Å². The third-order valence-corrected chi connectivity index (χ3v) is 2.86. The Balaban J connectivity index is 2.70. The quantitative estimate of drug-likeness (QED) is 0.515. The van der Waals surface area contributed by atoms with E-state index in [1.807, 2.05) is 0 Å². The Hall–Kier alpha value is -1.50. The van der Waals surface area contributed by atoms with Crippen molar-refractivity contribution in [3.63, 3.8) is 0 Å². The van der Waals surface area contributed by atoms with Crippen LogP contribution in [-0.2, 0) is 9.59 Å². The van der Waals surface area contributed by atoms with Gasteiger partial charge in [0.1, 0.15) is 11.6 Å². The molecule has 0 fully saturated rings. The molecule has 1 rings (SSSR count). The molecule has 1 aliphatic carbocycles. The van der Waals surface area contributed by atoms with E-state index >= 15 is 0 Å². The number of rotatable bonds is 5. The maximum atomic E-state index is 11.7. The molecule has 3 atom stereocenters. The number of carboxylic acids is 1. The molecule has 6 heteroatoms. The highest BCUT2D eigenvalue weighted by atomic mass is 16.4. The lowest BCUT2D eigenvalue weighted by Gasteiger charge is -2.27. The second kappa shape index (κ2) is 5.43. The van der Waals surface area contributed by atoms with E-state index in [2.05, 4.69) is 0 Å². The normalized spacial score (nSPS) is 26.3. The molecule has 1 aliphatic rings. The number of aliphatic carboxylic acids is 1. The molecule has 0 aromatic rings. The summed E-state index contributed by atoms with van der Waals surface area (Å²) in [6.07, 6.45) is 4.73. The Kier molecular flexibility index (Phi) is 4.39. The second-order valence-electron chi connectivity index (χ2n) is 4.54. The highest BCUT2D eigenvalue weighted by molar-refractivity contribution is 5.93. The van der Waals surface area contributed by atoms with Crippen molar-refractivity contribution in [3.05, 3.63) is 23.8 Å². The topological polar surface area (TPSA) is 127 Å². The molecule has 0 amide bonds. The van der Waals surface area contributed by atoms with Gasteiger partial charge in [-0.2, -0.15) is 0 Å². The number of ketones is 1. The van der Waals surface area contributed by atoms with Crippen molar-refractivity contribution in [2.75, 3.05) is 0 Å². The molecule has 0 aliphatic heterocycles. The average molecular weight is 254 g/mol. The molecule has 0 saturated carbocycles. The molecule has 0 aromatic carbocycles. The Morgan fingerprint density at radius 3 is 2.50 bits per heavy atom. The summed E-state index contributed by atoms with van der Waals surface area (Å²) in [6, 6.07) is -1.74. The molecule has 1 unspecified atom stereocenters. The van der Waals surface area contributed by atoms with Gasteiger partial charge in [0.05, 0.1) is 6.04 Å². The van der Waals surface area contributed by atoms with Gasteiger partial charge in [-0.25, -0.2) is 0 Å². The predicted molar refractivity (Wildman–Crippen MR) is 65.7 cm³/mol. The minimum absolute atomic E-state index is 0.0888. The Labute approximate surface area is 105 Å². The molecule has 0 saturated heterocycles. The molecule has 6 N–H and O–H groups in total. The van der Waals surface area contributed by atoms with E-state index in [1.165, 1.54) is 19.1 Å². The summed E-state index contributed by atoms with van der Waals surface area (Å²) in [7, 11) is 0. The Morgan fingerprint density at radius 2 is 2.11 bits per heavy atom. The van der Waals surface area contributed by atoms with Gasteiger partial charge in [-0.05, 0) is 25.0 Å². The van der Waals surface area contributed by atoms with Crippen LogP contribution in [0.2, 0.25) is 0 Å². The van der Waals surface area contributed by atoms with Crippen LogP contribution in [0.25, 0.3) is 0 Å². The van der Waals surface area contributed by atoms with Gasteiger partial charge in [-0.15, -0.1) is 0 Å². The molecule has 0 aromatic heterocycles. The van der Waals surface area contributed by atoms with Gasteiger partial charge in [0.25, 0.3) is 0 Å². The van der Waals surface area contributed by atoms with Crippen molar-refractivity contribution in [2.45, 2.75) is 37.5 Å². The lowest BCUT2D eigenvalue weighted by Crippen LogP contribution is -2.46. The lowest BCUT2D eigenvalue weighted by atomic mass is 9.84. The van der Waals surface area contributed by atoms with Crippen LogP contribution in [0, 0.1) is 0 Å². The van der Waals surface area contributed by atoms with Crippen LogP contribution in [0.4, 0.5) is 0 Å². The van der Waals surface area contributed by atoms with E-state index in [0.717, 1.165) is 0 Å². The number of carbonyl (C=O) groups is 2. The summed E-state index contributed by atoms with van der Waals surface area (Å²) >= 11 is 0. The molecule has 0 heterocycles. The van der Waals surface area contributed by atoms with Crippen molar-refractivity contribution in [2.24, 2.45) is 11.5 Å². The fourth-order valence-corrected chi connectivity index (χ4v) is 1.74. The fourth-order valence-electron chi connectivity index (χ4n) is 1.74. The number of carbonyl (C=O) groups excluding carboxylic acids is 1. The van der Waals surface area contributed by atoms with Crippen molar-refractivity contribution in [3.8, 4) is 0 Å². The van der Waals surface area contributed by atoms with Gasteiger partial charge in [0, 0.05) is 6.42 Å². The summed E-state index contributed by atoms with van der Waals surface area (Å²) in [4.78, 5) is 22.3. The third kappa shape index (κ3) is 3.25. The van der Waals surface area contributed by atoms with Crippen LogP contribution in [0.5, 0.6) is 0 Å². The fraction of sp³-hybridized carbons (Fsp3) is 0.500. The summed E-state index contributed by atoms with van der Waals surface area (Å²) in [5.41, 5.74) is 9.94. The van der Waals surface area contributed by atoms with Gasteiger partial charge in [-0.3, -0.25) is 9.59 Å². The first-order chi connectivity index (χ1) is 8.26. The first kappa shape index (κ1) is 14.6. The molecular weight excluding hydrogens is 236 g/mol. The smallest absolute Gasteiger partial charge is 0.320 e.